The Balaban J connectivity index is 4.80. The molecule has 0 aromatic carbocycles. The summed E-state index contributed by atoms with van der Waals surface area (Å²) in [5.74, 6) is 0.0309. The van der Waals surface area contributed by atoms with Crippen molar-refractivity contribution in [1.82, 2.24) is 4.90 Å². The zero-order valence-corrected chi connectivity index (χ0v) is 12.2. The summed E-state index contributed by atoms with van der Waals surface area (Å²) in [5.41, 5.74) is 4.90. The molecule has 0 saturated heterocycles. The van der Waals surface area contributed by atoms with Crippen molar-refractivity contribution in [2.75, 3.05) is 26.7 Å². The zero-order chi connectivity index (χ0) is 13.7. The van der Waals surface area contributed by atoms with E-state index in [0.717, 1.165) is 13.0 Å². The lowest BCUT2D eigenvalue weighted by Crippen LogP contribution is -2.50. The van der Waals surface area contributed by atoms with Gasteiger partial charge in [0.2, 0.25) is 0 Å². The van der Waals surface area contributed by atoms with E-state index < -0.39 is 5.60 Å². The van der Waals surface area contributed by atoms with E-state index in [4.69, 9.17) is 10.5 Å². The highest BCUT2D eigenvalue weighted by molar-refractivity contribution is 5.84. The fourth-order valence-electron chi connectivity index (χ4n) is 1.57. The Morgan fingerprint density at radius 3 is 2.18 bits per heavy atom. The molecule has 2 N–H and O–H groups in total. The van der Waals surface area contributed by atoms with E-state index in [1.807, 2.05) is 4.90 Å². The van der Waals surface area contributed by atoms with Crippen LogP contribution >= 0.6 is 0 Å². The van der Waals surface area contributed by atoms with Gasteiger partial charge in [-0.2, -0.15) is 0 Å². The molecule has 0 unspecified atom stereocenters. The first kappa shape index (κ1) is 16.4. The molecule has 0 saturated carbocycles. The number of nitrogens with zero attached hydrogens (tertiary/aromatic N) is 1. The molecule has 0 aromatic rings. The molecule has 17 heavy (non-hydrogen) atoms. The number of amides is 1. The van der Waals surface area contributed by atoms with Gasteiger partial charge in [-0.05, 0) is 32.2 Å². The lowest BCUT2D eigenvalue weighted by Gasteiger charge is -2.36. The van der Waals surface area contributed by atoms with Crippen LogP contribution in [0.25, 0.3) is 0 Å². The van der Waals surface area contributed by atoms with Gasteiger partial charge in [-0.25, -0.2) is 0 Å². The van der Waals surface area contributed by atoms with Crippen LogP contribution in [0.2, 0.25) is 0 Å². The Kier molecular flexibility index (Phi) is 6.13. The number of ether oxygens (including phenoxy) is 1. The molecule has 0 radical (unpaired) electrons. The second-order valence-electron chi connectivity index (χ2n) is 5.81. The SMILES string of the molecule is CCCN(CC(C)(C)CN)C(=O)C(C)(C)OC. The summed E-state index contributed by atoms with van der Waals surface area (Å²) in [7, 11) is 1.57. The number of rotatable bonds is 7. The molecule has 4 heteroatoms. The van der Waals surface area contributed by atoms with E-state index in [-0.39, 0.29) is 11.3 Å². The van der Waals surface area contributed by atoms with Crippen LogP contribution in [-0.2, 0) is 9.53 Å². The number of carbonyl (C=O) groups is 1. The van der Waals surface area contributed by atoms with Crippen molar-refractivity contribution >= 4 is 5.91 Å². The van der Waals surface area contributed by atoms with Crippen LogP contribution in [0.5, 0.6) is 0 Å². The zero-order valence-electron chi connectivity index (χ0n) is 12.2. The lowest BCUT2D eigenvalue weighted by atomic mass is 9.92. The first-order chi connectivity index (χ1) is 7.70. The van der Waals surface area contributed by atoms with Crippen molar-refractivity contribution < 1.29 is 9.53 Å². The minimum Gasteiger partial charge on any atom is -0.369 e. The van der Waals surface area contributed by atoms with Gasteiger partial charge in [-0.1, -0.05) is 20.8 Å². The van der Waals surface area contributed by atoms with Gasteiger partial charge >= 0.3 is 0 Å². The summed E-state index contributed by atoms with van der Waals surface area (Å²) >= 11 is 0. The summed E-state index contributed by atoms with van der Waals surface area (Å²) < 4.78 is 5.25. The highest BCUT2D eigenvalue weighted by Gasteiger charge is 2.33. The summed E-state index contributed by atoms with van der Waals surface area (Å²) in [6.45, 7) is 11.8. The molecule has 0 aliphatic heterocycles. The third-order valence-electron chi connectivity index (χ3n) is 2.98. The van der Waals surface area contributed by atoms with Crippen LogP contribution in [0.4, 0.5) is 0 Å². The van der Waals surface area contributed by atoms with Crippen LogP contribution in [-0.4, -0.2) is 43.2 Å². The van der Waals surface area contributed by atoms with Crippen LogP contribution in [0, 0.1) is 5.41 Å². The summed E-state index contributed by atoms with van der Waals surface area (Å²) in [6.07, 6.45) is 0.937. The molecule has 1 amide bonds. The minimum atomic E-state index is -0.764. The van der Waals surface area contributed by atoms with E-state index in [1.165, 1.54) is 0 Å². The minimum absolute atomic E-state index is 0.0309. The number of hydrogen-bond donors (Lipinski definition) is 1. The van der Waals surface area contributed by atoms with Gasteiger partial charge in [0.15, 0.2) is 0 Å². The Morgan fingerprint density at radius 1 is 1.29 bits per heavy atom. The van der Waals surface area contributed by atoms with Crippen molar-refractivity contribution in [1.29, 1.82) is 0 Å². The summed E-state index contributed by atoms with van der Waals surface area (Å²) in [4.78, 5) is 14.2. The predicted molar refractivity (Wildman–Crippen MR) is 70.8 cm³/mol. The molecule has 102 valence electrons. The van der Waals surface area contributed by atoms with Gasteiger partial charge in [0, 0.05) is 20.2 Å². The standard InChI is InChI=1S/C13H28N2O2/c1-7-8-15(10-12(2,3)9-14)11(16)13(4,5)17-6/h7-10,14H2,1-6H3. The molecular formula is C13H28N2O2. The molecule has 0 fully saturated rings. The Hall–Kier alpha value is -0.610. The highest BCUT2D eigenvalue weighted by Crippen LogP contribution is 2.19. The molecular weight excluding hydrogens is 216 g/mol. The van der Waals surface area contributed by atoms with Gasteiger partial charge in [-0.3, -0.25) is 4.79 Å². The molecule has 0 aliphatic carbocycles. The molecule has 0 rings (SSSR count). The van der Waals surface area contributed by atoms with Crippen LogP contribution in [0.15, 0.2) is 0 Å². The number of nitrogens with two attached hydrogens (primary N) is 1. The lowest BCUT2D eigenvalue weighted by molar-refractivity contribution is -0.152. The van der Waals surface area contributed by atoms with Gasteiger partial charge in [-0.15, -0.1) is 0 Å². The molecule has 0 spiro atoms. The Morgan fingerprint density at radius 2 is 1.82 bits per heavy atom. The smallest absolute Gasteiger partial charge is 0.254 e. The van der Waals surface area contributed by atoms with Crippen LogP contribution in [0.1, 0.15) is 41.0 Å². The highest BCUT2D eigenvalue weighted by atomic mass is 16.5. The molecule has 4 nitrogen and oxygen atoms in total. The first-order valence-corrected chi connectivity index (χ1v) is 6.25. The summed E-state index contributed by atoms with van der Waals surface area (Å²) in [5, 5.41) is 0. The van der Waals surface area contributed by atoms with Crippen molar-refractivity contribution in [3.8, 4) is 0 Å². The quantitative estimate of drug-likeness (QED) is 0.740. The Labute approximate surface area is 105 Å². The Bertz CT molecular complexity index is 250. The second kappa shape index (κ2) is 6.36. The number of hydrogen-bond acceptors (Lipinski definition) is 3. The fraction of sp³-hybridized carbons (Fsp3) is 0.923. The molecule has 0 aromatic heterocycles. The normalized spacial score (nSPS) is 12.6. The third-order valence-corrected chi connectivity index (χ3v) is 2.98. The van der Waals surface area contributed by atoms with E-state index in [9.17, 15) is 4.79 Å². The van der Waals surface area contributed by atoms with Gasteiger partial charge in [0.25, 0.3) is 5.91 Å². The third kappa shape index (κ3) is 5.04. The monoisotopic (exact) mass is 244 g/mol. The topological polar surface area (TPSA) is 55.6 Å². The van der Waals surface area contributed by atoms with Crippen LogP contribution in [0.3, 0.4) is 0 Å². The molecule has 0 bridgehead atoms. The van der Waals surface area contributed by atoms with Gasteiger partial charge in [0.05, 0.1) is 0 Å². The van der Waals surface area contributed by atoms with Crippen LogP contribution < -0.4 is 5.73 Å². The van der Waals surface area contributed by atoms with Crippen molar-refractivity contribution in [2.24, 2.45) is 11.1 Å². The van der Waals surface area contributed by atoms with Crippen molar-refractivity contribution in [3.63, 3.8) is 0 Å². The summed E-state index contributed by atoms with van der Waals surface area (Å²) in [6, 6.07) is 0. The maximum absolute atomic E-state index is 12.3. The maximum atomic E-state index is 12.3. The van der Waals surface area contributed by atoms with Crippen molar-refractivity contribution in [3.05, 3.63) is 0 Å². The predicted octanol–water partition coefficient (Wildman–Crippen LogP) is 1.63. The van der Waals surface area contributed by atoms with E-state index >= 15 is 0 Å². The fourth-order valence-corrected chi connectivity index (χ4v) is 1.57. The second-order valence-corrected chi connectivity index (χ2v) is 5.81. The van der Waals surface area contributed by atoms with E-state index in [1.54, 1.807) is 21.0 Å². The first-order valence-electron chi connectivity index (χ1n) is 6.25. The van der Waals surface area contributed by atoms with Crippen molar-refractivity contribution in [2.45, 2.75) is 46.6 Å². The average Bonchev–Trinajstić information content (AvgIpc) is 2.27. The maximum Gasteiger partial charge on any atom is 0.254 e. The number of methoxy groups -OCH3 is 1. The molecule has 0 atom stereocenters. The average molecular weight is 244 g/mol. The van der Waals surface area contributed by atoms with E-state index in [0.29, 0.717) is 13.1 Å². The molecule has 0 aliphatic rings. The van der Waals surface area contributed by atoms with Gasteiger partial charge in [0.1, 0.15) is 5.60 Å². The molecule has 0 heterocycles. The largest absolute Gasteiger partial charge is 0.369 e. The number of carbonyl (C=O) groups excluding carboxylic acids is 1. The van der Waals surface area contributed by atoms with Gasteiger partial charge < -0.3 is 15.4 Å². The van der Waals surface area contributed by atoms with E-state index in [2.05, 4.69) is 20.8 Å².